The van der Waals surface area contributed by atoms with Crippen molar-refractivity contribution < 1.29 is 4.79 Å². The molecule has 0 saturated heterocycles. The van der Waals surface area contributed by atoms with Crippen molar-refractivity contribution in [1.82, 2.24) is 4.90 Å². The van der Waals surface area contributed by atoms with Crippen molar-refractivity contribution in [3.05, 3.63) is 35.5 Å². The number of anilines is 1. The fourth-order valence-electron chi connectivity index (χ4n) is 2.00. The van der Waals surface area contributed by atoms with Crippen molar-refractivity contribution in [3.63, 3.8) is 0 Å². The number of nitrogen functional groups attached to an aromatic ring is 1. The molecule has 1 fully saturated rings. The van der Waals surface area contributed by atoms with Gasteiger partial charge in [-0.15, -0.1) is 0 Å². The maximum atomic E-state index is 10.9. The predicted octanol–water partition coefficient (Wildman–Crippen LogP) is 2.54. The monoisotopic (exact) mass is 230 g/mol. The Morgan fingerprint density at radius 1 is 1.41 bits per heavy atom. The lowest BCUT2D eigenvalue weighted by Gasteiger charge is -2.33. The molecule has 1 aliphatic rings. The van der Waals surface area contributed by atoms with E-state index in [2.05, 4.69) is 11.9 Å². The summed E-state index contributed by atoms with van der Waals surface area (Å²) in [4.78, 5) is 13.1. The Bertz CT molecular complexity index is 436. The second-order valence-corrected chi connectivity index (χ2v) is 4.53. The van der Waals surface area contributed by atoms with Crippen molar-refractivity contribution >= 4 is 18.0 Å². The third-order valence-corrected chi connectivity index (χ3v) is 3.43. The van der Waals surface area contributed by atoms with Crippen molar-refractivity contribution in [2.45, 2.75) is 25.3 Å². The number of aldehydes is 1. The van der Waals surface area contributed by atoms with E-state index in [9.17, 15) is 4.79 Å². The largest absolute Gasteiger partial charge is 0.398 e. The Labute approximate surface area is 102 Å². The summed E-state index contributed by atoms with van der Waals surface area (Å²) in [7, 11) is 2.07. The van der Waals surface area contributed by atoms with Gasteiger partial charge in [0.1, 0.15) is 0 Å². The minimum atomic E-state index is 0.642. The molecule has 1 aromatic rings. The number of rotatable bonds is 4. The summed E-state index contributed by atoms with van der Waals surface area (Å²) in [5, 5.41) is 0. The summed E-state index contributed by atoms with van der Waals surface area (Å²) in [6.07, 6.45) is 8.62. The number of hydrogen-bond donors (Lipinski definition) is 1. The van der Waals surface area contributed by atoms with Crippen molar-refractivity contribution in [2.24, 2.45) is 0 Å². The van der Waals surface area contributed by atoms with Crippen molar-refractivity contribution in [3.8, 4) is 0 Å². The molecule has 17 heavy (non-hydrogen) atoms. The molecule has 3 nitrogen and oxygen atoms in total. The summed E-state index contributed by atoms with van der Waals surface area (Å²) < 4.78 is 0. The molecule has 0 aromatic heterocycles. The Balaban J connectivity index is 2.16. The highest BCUT2D eigenvalue weighted by atomic mass is 16.1. The smallest absolute Gasteiger partial charge is 0.150 e. The van der Waals surface area contributed by atoms with Gasteiger partial charge in [0.05, 0.1) is 0 Å². The Morgan fingerprint density at radius 2 is 2.18 bits per heavy atom. The normalized spacial score (nSPS) is 15.8. The first kappa shape index (κ1) is 11.7. The second-order valence-electron chi connectivity index (χ2n) is 4.53. The van der Waals surface area contributed by atoms with Crippen LogP contribution in [0.1, 0.15) is 35.2 Å². The van der Waals surface area contributed by atoms with Gasteiger partial charge in [0.15, 0.2) is 6.29 Å². The van der Waals surface area contributed by atoms with Gasteiger partial charge in [-0.25, -0.2) is 0 Å². The average molecular weight is 230 g/mol. The molecule has 2 N–H and O–H groups in total. The number of nitrogens with two attached hydrogens (primary N) is 1. The van der Waals surface area contributed by atoms with E-state index >= 15 is 0 Å². The first-order valence-corrected chi connectivity index (χ1v) is 5.96. The van der Waals surface area contributed by atoms with Gasteiger partial charge in [-0.05, 0) is 37.6 Å². The van der Waals surface area contributed by atoms with Gasteiger partial charge >= 0.3 is 0 Å². The predicted molar refractivity (Wildman–Crippen MR) is 70.7 cm³/mol. The van der Waals surface area contributed by atoms with Gasteiger partial charge in [-0.2, -0.15) is 0 Å². The van der Waals surface area contributed by atoms with Crippen LogP contribution in [0, 0.1) is 0 Å². The molecule has 3 heteroatoms. The quantitative estimate of drug-likeness (QED) is 0.638. The maximum absolute atomic E-state index is 10.9. The molecule has 1 aliphatic carbocycles. The summed E-state index contributed by atoms with van der Waals surface area (Å²) in [6.45, 7) is 0. The average Bonchev–Trinajstić information content (AvgIpc) is 2.24. The standard InChI is InChI=1S/C14H18N2O/c1-16(12-5-3-6-12)9-8-13-11(10-17)4-2-7-14(13)15/h2,4,7-10,12H,3,5-6,15H2,1H3/b9-8-. The molecule has 0 spiro atoms. The molecule has 90 valence electrons. The van der Waals surface area contributed by atoms with Gasteiger partial charge in [-0.1, -0.05) is 12.1 Å². The number of benzene rings is 1. The summed E-state index contributed by atoms with van der Waals surface area (Å²) in [5.74, 6) is 0. The summed E-state index contributed by atoms with van der Waals surface area (Å²) in [5.41, 5.74) is 7.98. The second kappa shape index (κ2) is 5.04. The van der Waals surface area contributed by atoms with E-state index in [4.69, 9.17) is 5.73 Å². The highest BCUT2D eigenvalue weighted by Gasteiger charge is 2.19. The minimum absolute atomic E-state index is 0.642. The molecule has 0 bridgehead atoms. The molecule has 2 rings (SSSR count). The van der Waals surface area contributed by atoms with E-state index in [1.54, 1.807) is 12.1 Å². The van der Waals surface area contributed by atoms with Gasteiger partial charge in [0.2, 0.25) is 0 Å². The number of nitrogens with zero attached hydrogens (tertiary/aromatic N) is 1. The fraction of sp³-hybridized carbons (Fsp3) is 0.357. The SMILES string of the molecule is CN(/C=C\c1c(N)cccc1C=O)C1CCC1. The molecule has 0 unspecified atom stereocenters. The van der Waals surface area contributed by atoms with E-state index in [-0.39, 0.29) is 0 Å². The molecule has 0 heterocycles. The zero-order valence-electron chi connectivity index (χ0n) is 10.1. The third kappa shape index (κ3) is 2.49. The van der Waals surface area contributed by atoms with Crippen LogP contribution in [-0.2, 0) is 0 Å². The Morgan fingerprint density at radius 3 is 2.76 bits per heavy atom. The van der Waals surface area contributed by atoms with Crippen molar-refractivity contribution in [2.75, 3.05) is 12.8 Å². The minimum Gasteiger partial charge on any atom is -0.398 e. The highest BCUT2D eigenvalue weighted by molar-refractivity contribution is 5.86. The van der Waals surface area contributed by atoms with Gasteiger partial charge < -0.3 is 10.6 Å². The lowest BCUT2D eigenvalue weighted by molar-refractivity contribution is 0.112. The summed E-state index contributed by atoms with van der Waals surface area (Å²) in [6, 6.07) is 6.05. The van der Waals surface area contributed by atoms with Crippen LogP contribution in [0.15, 0.2) is 24.4 Å². The first-order valence-electron chi connectivity index (χ1n) is 5.96. The van der Waals surface area contributed by atoms with Crippen LogP contribution >= 0.6 is 0 Å². The Kier molecular flexibility index (Phi) is 3.47. The molecule has 0 atom stereocenters. The fourth-order valence-corrected chi connectivity index (χ4v) is 2.00. The van der Waals surface area contributed by atoms with Crippen LogP contribution in [0.25, 0.3) is 6.08 Å². The van der Waals surface area contributed by atoms with Crippen LogP contribution in [0.4, 0.5) is 5.69 Å². The molecule has 0 radical (unpaired) electrons. The van der Waals surface area contributed by atoms with E-state index in [1.807, 2.05) is 18.3 Å². The Hall–Kier alpha value is -1.77. The van der Waals surface area contributed by atoms with Crippen LogP contribution in [-0.4, -0.2) is 24.3 Å². The first-order chi connectivity index (χ1) is 8.22. The number of carbonyl (C=O) groups is 1. The third-order valence-electron chi connectivity index (χ3n) is 3.43. The van der Waals surface area contributed by atoms with Gasteiger partial charge in [-0.3, -0.25) is 4.79 Å². The molecule has 1 saturated carbocycles. The van der Waals surface area contributed by atoms with Crippen LogP contribution in [0.2, 0.25) is 0 Å². The maximum Gasteiger partial charge on any atom is 0.150 e. The lowest BCUT2D eigenvalue weighted by Crippen LogP contribution is -2.33. The zero-order valence-corrected chi connectivity index (χ0v) is 10.1. The van der Waals surface area contributed by atoms with E-state index in [1.165, 1.54) is 19.3 Å². The van der Waals surface area contributed by atoms with E-state index in [0.29, 0.717) is 17.3 Å². The van der Waals surface area contributed by atoms with Crippen LogP contribution < -0.4 is 5.73 Å². The van der Waals surface area contributed by atoms with E-state index < -0.39 is 0 Å². The highest BCUT2D eigenvalue weighted by Crippen LogP contribution is 2.24. The molecule has 0 amide bonds. The molecular weight excluding hydrogens is 212 g/mol. The van der Waals surface area contributed by atoms with E-state index in [0.717, 1.165) is 11.8 Å². The lowest BCUT2D eigenvalue weighted by atomic mass is 9.92. The van der Waals surface area contributed by atoms with Crippen molar-refractivity contribution in [1.29, 1.82) is 0 Å². The van der Waals surface area contributed by atoms with Crippen LogP contribution in [0.3, 0.4) is 0 Å². The number of hydrogen-bond acceptors (Lipinski definition) is 3. The molecular formula is C14H18N2O. The van der Waals surface area contributed by atoms with Gasteiger partial charge in [0, 0.05) is 29.9 Å². The molecule has 0 aliphatic heterocycles. The zero-order chi connectivity index (χ0) is 12.3. The van der Waals surface area contributed by atoms with Crippen LogP contribution in [0.5, 0.6) is 0 Å². The number of carbonyl (C=O) groups excluding carboxylic acids is 1. The topological polar surface area (TPSA) is 46.3 Å². The summed E-state index contributed by atoms with van der Waals surface area (Å²) >= 11 is 0. The van der Waals surface area contributed by atoms with Gasteiger partial charge in [0.25, 0.3) is 0 Å². The molecule has 1 aromatic carbocycles.